The Bertz CT molecular complexity index is 836. The Hall–Kier alpha value is -1.79. The molecule has 2 heterocycles. The number of rotatable bonds is 5. The van der Waals surface area contributed by atoms with Crippen molar-refractivity contribution in [3.8, 4) is 5.75 Å². The van der Waals surface area contributed by atoms with Gasteiger partial charge < -0.3 is 19.1 Å². The molecule has 1 spiro atoms. The van der Waals surface area contributed by atoms with E-state index in [0.717, 1.165) is 0 Å². The lowest BCUT2D eigenvalue weighted by atomic mass is 10.1. The zero-order valence-electron chi connectivity index (χ0n) is 13.9. The van der Waals surface area contributed by atoms with E-state index in [9.17, 15) is 4.79 Å². The van der Waals surface area contributed by atoms with Gasteiger partial charge in [0.25, 0.3) is 11.7 Å². The Kier molecular flexibility index (Phi) is 4.80. The molecule has 5 nitrogen and oxygen atoms in total. The number of carbonyl (C=O) groups excluding carboxylic acids is 1. The fourth-order valence-corrected chi connectivity index (χ4v) is 3.79. The van der Waals surface area contributed by atoms with Gasteiger partial charge >= 0.3 is 0 Å². The molecular formula is C19H17Cl2NO4. The predicted octanol–water partition coefficient (Wildman–Crippen LogP) is 4.01. The number of anilines is 1. The van der Waals surface area contributed by atoms with Crippen LogP contribution in [0, 0.1) is 0 Å². The zero-order chi connectivity index (χ0) is 18.1. The van der Waals surface area contributed by atoms with Gasteiger partial charge in [-0.05, 0) is 24.6 Å². The molecule has 1 saturated heterocycles. The Morgan fingerprint density at radius 3 is 2.54 bits per heavy atom. The number of benzene rings is 2. The molecule has 7 heteroatoms. The Balaban J connectivity index is 1.49. The summed E-state index contributed by atoms with van der Waals surface area (Å²) < 4.78 is 17.1. The summed E-state index contributed by atoms with van der Waals surface area (Å²) in [7, 11) is 0. The van der Waals surface area contributed by atoms with Crippen molar-refractivity contribution in [2.45, 2.75) is 12.2 Å². The van der Waals surface area contributed by atoms with E-state index in [4.69, 9.17) is 37.4 Å². The summed E-state index contributed by atoms with van der Waals surface area (Å²) in [6.07, 6.45) is 0.609. The summed E-state index contributed by atoms with van der Waals surface area (Å²) >= 11 is 12.5. The number of ether oxygens (including phenoxy) is 3. The molecule has 0 saturated carbocycles. The molecule has 0 radical (unpaired) electrons. The molecule has 2 aromatic rings. The van der Waals surface area contributed by atoms with Crippen molar-refractivity contribution in [2.75, 3.05) is 31.3 Å². The minimum atomic E-state index is -1.36. The summed E-state index contributed by atoms with van der Waals surface area (Å²) in [6, 6.07) is 12.7. The lowest BCUT2D eigenvalue weighted by molar-refractivity contribution is -0.180. The van der Waals surface area contributed by atoms with E-state index in [1.165, 1.54) is 0 Å². The molecule has 26 heavy (non-hydrogen) atoms. The molecule has 4 rings (SSSR count). The van der Waals surface area contributed by atoms with Crippen molar-refractivity contribution in [3.63, 3.8) is 0 Å². The number of carbonyl (C=O) groups is 1. The number of nitrogens with zero attached hydrogens (tertiary/aromatic N) is 1. The van der Waals surface area contributed by atoms with Crippen LogP contribution in [0.3, 0.4) is 0 Å². The van der Waals surface area contributed by atoms with Crippen molar-refractivity contribution in [1.29, 1.82) is 0 Å². The first-order valence-corrected chi connectivity index (χ1v) is 9.15. The highest BCUT2D eigenvalue weighted by molar-refractivity contribution is 6.35. The minimum absolute atomic E-state index is 0.240. The topological polar surface area (TPSA) is 48.0 Å². The van der Waals surface area contributed by atoms with E-state index in [1.807, 2.05) is 24.3 Å². The molecule has 0 bridgehead atoms. The molecule has 2 aliphatic rings. The number of halogens is 2. The molecule has 0 aromatic heterocycles. The van der Waals surface area contributed by atoms with Crippen molar-refractivity contribution in [3.05, 3.63) is 58.1 Å². The van der Waals surface area contributed by atoms with Gasteiger partial charge in [0.05, 0.1) is 35.6 Å². The first kappa shape index (κ1) is 17.6. The largest absolute Gasteiger partial charge is 0.492 e. The molecule has 1 fully saturated rings. The standard InChI is InChI=1S/C19H17Cl2NO4/c20-14-6-1-2-8-16(14)24-10-4-9-22-17-13(5-3-7-15(17)21)19(18(22)23)25-11-12-26-19/h1-3,5-8H,4,9-12H2. The summed E-state index contributed by atoms with van der Waals surface area (Å²) in [5.41, 5.74) is 1.32. The maximum absolute atomic E-state index is 13.0. The van der Waals surface area contributed by atoms with Crippen molar-refractivity contribution < 1.29 is 19.0 Å². The summed E-state index contributed by atoms with van der Waals surface area (Å²) in [6.45, 7) is 1.61. The first-order chi connectivity index (χ1) is 12.6. The highest BCUT2D eigenvalue weighted by atomic mass is 35.5. The van der Waals surface area contributed by atoms with Crippen molar-refractivity contribution >= 4 is 34.8 Å². The zero-order valence-corrected chi connectivity index (χ0v) is 15.4. The van der Waals surface area contributed by atoms with Crippen molar-refractivity contribution in [2.24, 2.45) is 0 Å². The van der Waals surface area contributed by atoms with Crippen LogP contribution in [0.15, 0.2) is 42.5 Å². The maximum Gasteiger partial charge on any atom is 0.292 e. The Morgan fingerprint density at radius 1 is 1.04 bits per heavy atom. The van der Waals surface area contributed by atoms with Crippen LogP contribution in [-0.2, 0) is 20.1 Å². The second kappa shape index (κ2) is 7.08. The predicted molar refractivity (Wildman–Crippen MR) is 99.0 cm³/mol. The van der Waals surface area contributed by atoms with Crippen LogP contribution >= 0.6 is 23.2 Å². The third-order valence-corrected chi connectivity index (χ3v) is 5.07. The minimum Gasteiger partial charge on any atom is -0.492 e. The smallest absolute Gasteiger partial charge is 0.292 e. The van der Waals surface area contributed by atoms with Gasteiger partial charge in [0.1, 0.15) is 5.75 Å². The molecule has 0 atom stereocenters. The number of hydrogen-bond acceptors (Lipinski definition) is 4. The van der Waals surface area contributed by atoms with Crippen LogP contribution in [0.2, 0.25) is 10.0 Å². The molecule has 0 aliphatic carbocycles. The second-order valence-corrected chi connectivity index (χ2v) is 6.85. The highest BCUT2D eigenvalue weighted by Gasteiger charge is 2.56. The van der Waals surface area contributed by atoms with Gasteiger partial charge in [0.2, 0.25) is 0 Å². The van der Waals surface area contributed by atoms with Crippen LogP contribution < -0.4 is 9.64 Å². The van der Waals surface area contributed by atoms with Crippen LogP contribution in [0.5, 0.6) is 5.75 Å². The monoisotopic (exact) mass is 393 g/mol. The lowest BCUT2D eigenvalue weighted by Gasteiger charge is -2.22. The third kappa shape index (κ3) is 2.85. The van der Waals surface area contributed by atoms with Gasteiger partial charge in [-0.25, -0.2) is 0 Å². The third-order valence-electron chi connectivity index (χ3n) is 4.45. The van der Waals surface area contributed by atoms with Crippen molar-refractivity contribution in [1.82, 2.24) is 0 Å². The number of amides is 1. The van der Waals surface area contributed by atoms with Gasteiger partial charge in [-0.1, -0.05) is 47.5 Å². The molecule has 0 unspecified atom stereocenters. The normalized spacial score (nSPS) is 17.8. The average Bonchev–Trinajstić information content (AvgIpc) is 3.22. The van der Waals surface area contributed by atoms with E-state index in [-0.39, 0.29) is 5.91 Å². The van der Waals surface area contributed by atoms with Gasteiger partial charge in [-0.2, -0.15) is 0 Å². The SMILES string of the molecule is O=C1N(CCCOc2ccccc2Cl)c2c(Cl)cccc2C12OCCO2. The first-order valence-electron chi connectivity index (χ1n) is 8.40. The van der Waals surface area contributed by atoms with E-state index in [2.05, 4.69) is 0 Å². The lowest BCUT2D eigenvalue weighted by Crippen LogP contribution is -2.41. The van der Waals surface area contributed by atoms with Gasteiger partial charge in [-0.15, -0.1) is 0 Å². The summed E-state index contributed by atoms with van der Waals surface area (Å²) in [5, 5.41) is 1.06. The molecule has 0 N–H and O–H groups in total. The Labute approximate surface area is 161 Å². The van der Waals surface area contributed by atoms with Gasteiger partial charge in [0, 0.05) is 12.1 Å². The number of fused-ring (bicyclic) bond motifs is 2. The molecule has 1 amide bonds. The van der Waals surface area contributed by atoms with E-state index in [1.54, 1.807) is 23.1 Å². The van der Waals surface area contributed by atoms with Gasteiger partial charge in [-0.3, -0.25) is 4.79 Å². The maximum atomic E-state index is 13.0. The molecular weight excluding hydrogens is 377 g/mol. The fraction of sp³-hybridized carbons (Fsp3) is 0.316. The van der Waals surface area contributed by atoms with Crippen LogP contribution in [-0.4, -0.2) is 32.3 Å². The quantitative estimate of drug-likeness (QED) is 0.720. The second-order valence-electron chi connectivity index (χ2n) is 6.04. The molecule has 2 aromatic carbocycles. The highest BCUT2D eigenvalue weighted by Crippen LogP contribution is 2.48. The van der Waals surface area contributed by atoms with Crippen LogP contribution in [0.1, 0.15) is 12.0 Å². The van der Waals surface area contributed by atoms with Crippen LogP contribution in [0.25, 0.3) is 0 Å². The fourth-order valence-electron chi connectivity index (χ4n) is 3.32. The molecule has 2 aliphatic heterocycles. The average molecular weight is 394 g/mol. The van der Waals surface area contributed by atoms with E-state index in [0.29, 0.717) is 59.8 Å². The Morgan fingerprint density at radius 2 is 1.77 bits per heavy atom. The van der Waals surface area contributed by atoms with E-state index >= 15 is 0 Å². The van der Waals surface area contributed by atoms with Crippen LogP contribution in [0.4, 0.5) is 5.69 Å². The number of para-hydroxylation sites is 2. The number of hydrogen-bond donors (Lipinski definition) is 0. The van der Waals surface area contributed by atoms with Gasteiger partial charge in [0.15, 0.2) is 0 Å². The summed E-state index contributed by atoms with van der Waals surface area (Å²) in [4.78, 5) is 14.6. The summed E-state index contributed by atoms with van der Waals surface area (Å²) in [5.74, 6) is -0.973. The van der Waals surface area contributed by atoms with E-state index < -0.39 is 5.79 Å². The molecule has 136 valence electrons.